The molecule has 94 valence electrons. The molecular formula is C15H23NO. The third-order valence-electron chi connectivity index (χ3n) is 3.47. The Morgan fingerprint density at radius 3 is 2.82 bits per heavy atom. The van der Waals surface area contributed by atoms with Gasteiger partial charge in [0, 0.05) is 12.6 Å². The van der Waals surface area contributed by atoms with E-state index in [-0.39, 0.29) is 0 Å². The van der Waals surface area contributed by atoms with E-state index >= 15 is 0 Å². The van der Waals surface area contributed by atoms with E-state index in [4.69, 9.17) is 10.5 Å². The van der Waals surface area contributed by atoms with Gasteiger partial charge >= 0.3 is 0 Å². The lowest BCUT2D eigenvalue weighted by Crippen LogP contribution is -2.25. The van der Waals surface area contributed by atoms with Crippen LogP contribution in [0.2, 0.25) is 0 Å². The number of hydrogen-bond donors (Lipinski definition) is 1. The van der Waals surface area contributed by atoms with E-state index in [2.05, 4.69) is 30.3 Å². The Bertz CT molecular complexity index is 306. The summed E-state index contributed by atoms with van der Waals surface area (Å²) in [4.78, 5) is 0. The molecule has 1 aromatic rings. The molecule has 2 N–H and O–H groups in total. The van der Waals surface area contributed by atoms with Crippen molar-refractivity contribution in [1.82, 2.24) is 0 Å². The number of hydrogen-bond acceptors (Lipinski definition) is 2. The van der Waals surface area contributed by atoms with Gasteiger partial charge in [0.1, 0.15) is 0 Å². The predicted molar refractivity (Wildman–Crippen MR) is 70.9 cm³/mol. The molecule has 2 atom stereocenters. The van der Waals surface area contributed by atoms with Crippen LogP contribution in [-0.4, -0.2) is 18.8 Å². The molecule has 0 aliphatic carbocycles. The molecule has 0 saturated carbocycles. The maximum atomic E-state index is 6.14. The fraction of sp³-hybridized carbons (Fsp3) is 0.600. The summed E-state index contributed by atoms with van der Waals surface area (Å²) in [6, 6.07) is 10.9. The van der Waals surface area contributed by atoms with Gasteiger partial charge in [-0.25, -0.2) is 0 Å². The van der Waals surface area contributed by atoms with Gasteiger partial charge in [0.05, 0.1) is 6.10 Å². The van der Waals surface area contributed by atoms with Crippen molar-refractivity contribution in [2.75, 3.05) is 6.61 Å². The fourth-order valence-electron chi connectivity index (χ4n) is 2.50. The van der Waals surface area contributed by atoms with Crippen molar-refractivity contribution in [3.05, 3.63) is 35.9 Å². The molecule has 2 rings (SSSR count). The lowest BCUT2D eigenvalue weighted by atomic mass is 10.0. The largest absolute Gasteiger partial charge is 0.378 e. The van der Waals surface area contributed by atoms with E-state index in [0.717, 1.165) is 25.9 Å². The summed E-state index contributed by atoms with van der Waals surface area (Å²) in [6.07, 6.45) is 7.30. The minimum atomic E-state index is 0.307. The third-order valence-corrected chi connectivity index (χ3v) is 3.47. The van der Waals surface area contributed by atoms with Crippen molar-refractivity contribution in [3.8, 4) is 0 Å². The molecule has 0 radical (unpaired) electrons. The molecule has 1 aliphatic heterocycles. The molecule has 2 heteroatoms. The van der Waals surface area contributed by atoms with Gasteiger partial charge in [-0.2, -0.15) is 0 Å². The Kier molecular flexibility index (Phi) is 5.02. The Morgan fingerprint density at radius 1 is 1.29 bits per heavy atom. The second-order valence-corrected chi connectivity index (χ2v) is 5.01. The van der Waals surface area contributed by atoms with Gasteiger partial charge in [0.25, 0.3) is 0 Å². The molecule has 1 aromatic carbocycles. The first-order chi connectivity index (χ1) is 8.34. The molecule has 0 bridgehead atoms. The summed E-state index contributed by atoms with van der Waals surface area (Å²) in [7, 11) is 0. The van der Waals surface area contributed by atoms with Crippen LogP contribution < -0.4 is 5.73 Å². The van der Waals surface area contributed by atoms with Crippen molar-refractivity contribution >= 4 is 0 Å². The highest BCUT2D eigenvalue weighted by Gasteiger charge is 2.18. The van der Waals surface area contributed by atoms with Crippen LogP contribution in [0.4, 0.5) is 0 Å². The number of ether oxygens (including phenoxy) is 1. The molecule has 0 aromatic heterocycles. The molecule has 0 amide bonds. The van der Waals surface area contributed by atoms with E-state index < -0.39 is 0 Å². The molecule has 1 aliphatic rings. The maximum Gasteiger partial charge on any atom is 0.0590 e. The zero-order valence-corrected chi connectivity index (χ0v) is 10.5. The topological polar surface area (TPSA) is 35.2 Å². The standard InChI is InChI=1S/C15H23NO/c16-14(12-15-10-5-11-17-15)9-4-8-13-6-2-1-3-7-13/h1-3,6-7,14-15H,4-5,8-12,16H2. The van der Waals surface area contributed by atoms with Gasteiger partial charge in [0.2, 0.25) is 0 Å². The second kappa shape index (κ2) is 6.77. The second-order valence-electron chi connectivity index (χ2n) is 5.01. The van der Waals surface area contributed by atoms with Crippen molar-refractivity contribution in [3.63, 3.8) is 0 Å². The highest BCUT2D eigenvalue weighted by atomic mass is 16.5. The van der Waals surface area contributed by atoms with E-state index in [1.807, 2.05) is 0 Å². The molecule has 1 fully saturated rings. The monoisotopic (exact) mass is 233 g/mol. The van der Waals surface area contributed by atoms with Crippen LogP contribution in [0.15, 0.2) is 30.3 Å². The average molecular weight is 233 g/mol. The molecule has 1 heterocycles. The first-order valence-corrected chi connectivity index (χ1v) is 6.75. The van der Waals surface area contributed by atoms with E-state index in [1.165, 1.54) is 24.8 Å². The number of rotatable bonds is 6. The van der Waals surface area contributed by atoms with E-state index in [1.54, 1.807) is 0 Å². The van der Waals surface area contributed by atoms with Crippen molar-refractivity contribution in [2.24, 2.45) is 5.73 Å². The van der Waals surface area contributed by atoms with Gasteiger partial charge in [-0.15, -0.1) is 0 Å². The maximum absolute atomic E-state index is 6.14. The average Bonchev–Trinajstić information content (AvgIpc) is 2.83. The lowest BCUT2D eigenvalue weighted by molar-refractivity contribution is 0.0974. The van der Waals surface area contributed by atoms with Gasteiger partial charge < -0.3 is 10.5 Å². The first-order valence-electron chi connectivity index (χ1n) is 6.75. The Hall–Kier alpha value is -0.860. The van der Waals surface area contributed by atoms with Gasteiger partial charge in [-0.3, -0.25) is 0 Å². The summed E-state index contributed by atoms with van der Waals surface area (Å²) in [6.45, 7) is 0.932. The molecule has 17 heavy (non-hydrogen) atoms. The SMILES string of the molecule is NC(CCCc1ccccc1)CC1CCCO1. The van der Waals surface area contributed by atoms with Gasteiger partial charge in [-0.1, -0.05) is 30.3 Å². The normalized spacial score (nSPS) is 21.6. The minimum absolute atomic E-state index is 0.307. The van der Waals surface area contributed by atoms with Crippen molar-refractivity contribution in [2.45, 2.75) is 50.7 Å². The Balaban J connectivity index is 1.61. The van der Waals surface area contributed by atoms with Gasteiger partial charge in [-0.05, 0) is 44.1 Å². The van der Waals surface area contributed by atoms with Crippen LogP contribution in [0.25, 0.3) is 0 Å². The van der Waals surface area contributed by atoms with E-state index in [9.17, 15) is 0 Å². The molecule has 0 spiro atoms. The highest BCUT2D eigenvalue weighted by Crippen LogP contribution is 2.18. The molecule has 2 unspecified atom stereocenters. The number of aryl methyl sites for hydroxylation is 1. The fourth-order valence-corrected chi connectivity index (χ4v) is 2.50. The van der Waals surface area contributed by atoms with Crippen molar-refractivity contribution in [1.29, 1.82) is 0 Å². The first kappa shape index (κ1) is 12.6. The number of benzene rings is 1. The van der Waals surface area contributed by atoms with Crippen LogP contribution in [0.1, 0.15) is 37.7 Å². The molecular weight excluding hydrogens is 210 g/mol. The van der Waals surface area contributed by atoms with Crippen LogP contribution in [0.3, 0.4) is 0 Å². The summed E-state index contributed by atoms with van der Waals surface area (Å²) in [5, 5.41) is 0. The molecule has 2 nitrogen and oxygen atoms in total. The Morgan fingerprint density at radius 2 is 2.12 bits per heavy atom. The van der Waals surface area contributed by atoms with E-state index in [0.29, 0.717) is 12.1 Å². The summed E-state index contributed by atoms with van der Waals surface area (Å²) in [5.41, 5.74) is 7.55. The van der Waals surface area contributed by atoms with Crippen molar-refractivity contribution < 1.29 is 4.74 Å². The smallest absolute Gasteiger partial charge is 0.0590 e. The summed E-state index contributed by atoms with van der Waals surface area (Å²) in [5.74, 6) is 0. The highest BCUT2D eigenvalue weighted by molar-refractivity contribution is 5.14. The predicted octanol–water partition coefficient (Wildman–Crippen LogP) is 2.91. The molecule has 1 saturated heterocycles. The Labute approximate surface area is 104 Å². The summed E-state index contributed by atoms with van der Waals surface area (Å²) >= 11 is 0. The van der Waals surface area contributed by atoms with Gasteiger partial charge in [0.15, 0.2) is 0 Å². The van der Waals surface area contributed by atoms with Crippen LogP contribution >= 0.6 is 0 Å². The zero-order chi connectivity index (χ0) is 11.9. The third kappa shape index (κ3) is 4.49. The quantitative estimate of drug-likeness (QED) is 0.820. The van der Waals surface area contributed by atoms with Crippen LogP contribution in [0, 0.1) is 0 Å². The zero-order valence-electron chi connectivity index (χ0n) is 10.5. The lowest BCUT2D eigenvalue weighted by Gasteiger charge is -2.15. The van der Waals surface area contributed by atoms with Crippen LogP contribution in [0.5, 0.6) is 0 Å². The summed E-state index contributed by atoms with van der Waals surface area (Å²) < 4.78 is 5.61. The minimum Gasteiger partial charge on any atom is -0.378 e. The number of nitrogens with two attached hydrogens (primary N) is 1. The van der Waals surface area contributed by atoms with Crippen LogP contribution in [-0.2, 0) is 11.2 Å².